The molecule has 0 saturated heterocycles. The maximum absolute atomic E-state index is 10.5. The fourth-order valence-electron chi connectivity index (χ4n) is 3.81. The van der Waals surface area contributed by atoms with Crippen molar-refractivity contribution in [3.8, 4) is 22.9 Å². The number of nitrogens with zero attached hydrogens (tertiary/aromatic N) is 3. The first-order chi connectivity index (χ1) is 15.2. The van der Waals surface area contributed by atoms with Gasteiger partial charge in [0.1, 0.15) is 11.4 Å². The van der Waals surface area contributed by atoms with Crippen LogP contribution in [0.5, 0.6) is 11.6 Å². The molecule has 2 aromatic carbocycles. The van der Waals surface area contributed by atoms with Gasteiger partial charge in [-0.25, -0.2) is 4.68 Å². The standard InChI is InChI=1S/C25H31N3O3/c1-3-30-18-21(29)16-28(20-14-15-20)17-23-24(19-10-6-4-7-11-19)26-27(2)25(23)31-22-12-8-5-9-13-22/h4-13,20-21,29H,3,14-18H2,1-2H3/t21-/m0/s1. The Hall–Kier alpha value is -2.67. The highest BCUT2D eigenvalue weighted by molar-refractivity contribution is 5.65. The normalized spacial score (nSPS) is 14.7. The molecule has 31 heavy (non-hydrogen) atoms. The number of aliphatic hydroxyl groups is 1. The third-order valence-corrected chi connectivity index (χ3v) is 5.48. The molecule has 3 aromatic rings. The minimum Gasteiger partial charge on any atom is -0.439 e. The zero-order chi connectivity index (χ0) is 21.6. The van der Waals surface area contributed by atoms with E-state index < -0.39 is 6.10 Å². The van der Waals surface area contributed by atoms with Gasteiger partial charge in [-0.05, 0) is 31.9 Å². The Labute approximate surface area is 184 Å². The zero-order valence-corrected chi connectivity index (χ0v) is 18.3. The quantitative estimate of drug-likeness (QED) is 0.502. The summed E-state index contributed by atoms with van der Waals surface area (Å²) in [5, 5.41) is 15.3. The first-order valence-electron chi connectivity index (χ1n) is 11.0. The molecule has 1 atom stereocenters. The van der Waals surface area contributed by atoms with Gasteiger partial charge < -0.3 is 14.6 Å². The van der Waals surface area contributed by atoms with Crippen molar-refractivity contribution in [2.45, 2.75) is 38.5 Å². The van der Waals surface area contributed by atoms with Crippen LogP contribution in [0.3, 0.4) is 0 Å². The highest BCUT2D eigenvalue weighted by atomic mass is 16.5. The van der Waals surface area contributed by atoms with Crippen LogP contribution < -0.4 is 4.74 Å². The summed E-state index contributed by atoms with van der Waals surface area (Å²) in [6.07, 6.45) is 1.78. The second kappa shape index (κ2) is 10.1. The van der Waals surface area contributed by atoms with E-state index >= 15 is 0 Å². The lowest BCUT2D eigenvalue weighted by Gasteiger charge is -2.25. The number of aromatic nitrogens is 2. The number of rotatable bonds is 11. The van der Waals surface area contributed by atoms with Gasteiger partial charge in [-0.15, -0.1) is 0 Å². The summed E-state index contributed by atoms with van der Waals surface area (Å²) in [5.41, 5.74) is 3.01. The molecule has 1 fully saturated rings. The molecule has 0 unspecified atom stereocenters. The average Bonchev–Trinajstić information content (AvgIpc) is 3.60. The lowest BCUT2D eigenvalue weighted by Crippen LogP contribution is -2.36. The average molecular weight is 422 g/mol. The molecule has 1 heterocycles. The van der Waals surface area contributed by atoms with E-state index in [1.807, 2.05) is 67.2 Å². The lowest BCUT2D eigenvalue weighted by molar-refractivity contribution is 0.0178. The van der Waals surface area contributed by atoms with Crippen molar-refractivity contribution in [1.29, 1.82) is 0 Å². The van der Waals surface area contributed by atoms with Crippen molar-refractivity contribution in [3.63, 3.8) is 0 Å². The lowest BCUT2D eigenvalue weighted by atomic mass is 10.1. The molecule has 0 amide bonds. The van der Waals surface area contributed by atoms with Crippen molar-refractivity contribution >= 4 is 0 Å². The van der Waals surface area contributed by atoms with Crippen LogP contribution in [0.1, 0.15) is 25.3 Å². The van der Waals surface area contributed by atoms with Gasteiger partial charge in [0.2, 0.25) is 5.88 Å². The van der Waals surface area contributed by atoms with E-state index in [0.717, 1.165) is 41.3 Å². The van der Waals surface area contributed by atoms with Crippen molar-refractivity contribution in [2.75, 3.05) is 19.8 Å². The van der Waals surface area contributed by atoms with E-state index in [4.69, 9.17) is 14.6 Å². The smallest absolute Gasteiger partial charge is 0.222 e. The Balaban J connectivity index is 1.66. The van der Waals surface area contributed by atoms with E-state index in [1.165, 1.54) is 0 Å². The first-order valence-corrected chi connectivity index (χ1v) is 11.0. The maximum atomic E-state index is 10.5. The van der Waals surface area contributed by atoms with Gasteiger partial charge in [0.25, 0.3) is 0 Å². The van der Waals surface area contributed by atoms with Crippen molar-refractivity contribution in [2.24, 2.45) is 7.05 Å². The van der Waals surface area contributed by atoms with Gasteiger partial charge in [-0.2, -0.15) is 5.10 Å². The molecule has 6 nitrogen and oxygen atoms in total. The Kier molecular flexibility index (Phi) is 7.02. The van der Waals surface area contributed by atoms with Crippen LogP contribution in [0, 0.1) is 0 Å². The molecule has 164 valence electrons. The van der Waals surface area contributed by atoms with Crippen LogP contribution in [0.2, 0.25) is 0 Å². The second-order valence-electron chi connectivity index (χ2n) is 8.01. The number of hydrogen-bond acceptors (Lipinski definition) is 5. The Morgan fingerprint density at radius 1 is 1.10 bits per heavy atom. The summed E-state index contributed by atoms with van der Waals surface area (Å²) in [6, 6.07) is 20.5. The van der Waals surface area contributed by atoms with E-state index in [-0.39, 0.29) is 0 Å². The molecule has 4 rings (SSSR count). The molecule has 1 aliphatic carbocycles. The Bertz CT molecular complexity index is 955. The SMILES string of the molecule is CCOC[C@@H](O)CN(Cc1c(-c2ccccc2)nn(C)c1Oc1ccccc1)C1CC1. The summed E-state index contributed by atoms with van der Waals surface area (Å²) >= 11 is 0. The number of benzene rings is 2. The molecule has 0 aliphatic heterocycles. The highest BCUT2D eigenvalue weighted by Gasteiger charge is 2.33. The molecule has 6 heteroatoms. The fourth-order valence-corrected chi connectivity index (χ4v) is 3.81. The van der Waals surface area contributed by atoms with Gasteiger partial charge in [0.15, 0.2) is 0 Å². The Morgan fingerprint density at radius 2 is 1.77 bits per heavy atom. The van der Waals surface area contributed by atoms with Crippen LogP contribution in [-0.4, -0.2) is 51.7 Å². The predicted molar refractivity (Wildman–Crippen MR) is 121 cm³/mol. The van der Waals surface area contributed by atoms with Crippen LogP contribution in [0.4, 0.5) is 0 Å². The monoisotopic (exact) mass is 421 g/mol. The number of aryl methyl sites for hydroxylation is 1. The molecule has 0 bridgehead atoms. The summed E-state index contributed by atoms with van der Waals surface area (Å²) in [6.45, 7) is 4.13. The van der Waals surface area contributed by atoms with E-state index in [2.05, 4.69) is 17.0 Å². The van der Waals surface area contributed by atoms with Crippen LogP contribution in [-0.2, 0) is 18.3 Å². The molecule has 0 radical (unpaired) electrons. The predicted octanol–water partition coefficient (Wildman–Crippen LogP) is 4.24. The van der Waals surface area contributed by atoms with Crippen LogP contribution >= 0.6 is 0 Å². The topological polar surface area (TPSA) is 59.8 Å². The summed E-state index contributed by atoms with van der Waals surface area (Å²) in [4.78, 5) is 2.34. The number of para-hydroxylation sites is 1. The summed E-state index contributed by atoms with van der Waals surface area (Å²) < 4.78 is 13.5. The van der Waals surface area contributed by atoms with Gasteiger partial charge in [-0.1, -0.05) is 48.5 Å². The second-order valence-corrected chi connectivity index (χ2v) is 8.01. The summed E-state index contributed by atoms with van der Waals surface area (Å²) in [7, 11) is 1.92. The molecular weight excluding hydrogens is 390 g/mol. The molecule has 1 N–H and O–H groups in total. The fraction of sp³-hybridized carbons (Fsp3) is 0.400. The molecular formula is C25H31N3O3. The minimum atomic E-state index is -0.518. The minimum absolute atomic E-state index is 0.353. The van der Waals surface area contributed by atoms with Gasteiger partial charge >= 0.3 is 0 Å². The molecule has 1 saturated carbocycles. The summed E-state index contributed by atoms with van der Waals surface area (Å²) in [5.74, 6) is 1.51. The van der Waals surface area contributed by atoms with Crippen LogP contribution in [0.25, 0.3) is 11.3 Å². The third kappa shape index (κ3) is 5.53. The Morgan fingerprint density at radius 3 is 2.42 bits per heavy atom. The van der Waals surface area contributed by atoms with Crippen molar-refractivity contribution < 1.29 is 14.6 Å². The van der Waals surface area contributed by atoms with Gasteiger partial charge in [0.05, 0.1) is 18.3 Å². The van der Waals surface area contributed by atoms with Crippen molar-refractivity contribution in [1.82, 2.24) is 14.7 Å². The number of ether oxygens (including phenoxy) is 2. The largest absolute Gasteiger partial charge is 0.439 e. The first kappa shape index (κ1) is 21.6. The van der Waals surface area contributed by atoms with E-state index in [0.29, 0.717) is 32.3 Å². The van der Waals surface area contributed by atoms with Gasteiger partial charge in [0, 0.05) is 38.3 Å². The van der Waals surface area contributed by atoms with E-state index in [9.17, 15) is 5.11 Å². The number of hydrogen-bond donors (Lipinski definition) is 1. The maximum Gasteiger partial charge on any atom is 0.222 e. The highest BCUT2D eigenvalue weighted by Crippen LogP contribution is 2.37. The molecule has 1 aliphatic rings. The third-order valence-electron chi connectivity index (χ3n) is 5.48. The zero-order valence-electron chi connectivity index (χ0n) is 18.3. The van der Waals surface area contributed by atoms with Crippen molar-refractivity contribution in [3.05, 3.63) is 66.2 Å². The van der Waals surface area contributed by atoms with E-state index in [1.54, 1.807) is 0 Å². The molecule has 0 spiro atoms. The van der Waals surface area contributed by atoms with Crippen LogP contribution in [0.15, 0.2) is 60.7 Å². The van der Waals surface area contributed by atoms with Gasteiger partial charge in [-0.3, -0.25) is 4.90 Å². The molecule has 1 aromatic heterocycles. The number of aliphatic hydroxyl groups excluding tert-OH is 1.